The van der Waals surface area contributed by atoms with E-state index in [4.69, 9.17) is 0 Å². The fourth-order valence-corrected chi connectivity index (χ4v) is 1.98. The van der Waals surface area contributed by atoms with Crippen LogP contribution in [0.1, 0.15) is 55.1 Å². The lowest BCUT2D eigenvalue weighted by Gasteiger charge is -2.16. The van der Waals surface area contributed by atoms with Gasteiger partial charge in [0, 0.05) is 0 Å². The zero-order chi connectivity index (χ0) is 12.3. The number of aromatic carboxylic acids is 1. The first kappa shape index (κ1) is 12.8. The van der Waals surface area contributed by atoms with Crippen molar-refractivity contribution in [1.29, 1.82) is 0 Å². The molecule has 0 aliphatic carbocycles. The first-order chi connectivity index (χ1) is 7.43. The van der Waals surface area contributed by atoms with Crippen molar-refractivity contribution in [2.75, 3.05) is 0 Å². The summed E-state index contributed by atoms with van der Waals surface area (Å²) < 4.78 is 0. The highest BCUT2D eigenvalue weighted by Gasteiger charge is 2.16. The highest BCUT2D eigenvalue weighted by atomic mass is 16.4. The van der Waals surface area contributed by atoms with Gasteiger partial charge < -0.3 is 5.11 Å². The highest BCUT2D eigenvalue weighted by Crippen LogP contribution is 2.25. The summed E-state index contributed by atoms with van der Waals surface area (Å²) in [4.78, 5) is 11.2. The number of rotatable bonds is 4. The second kappa shape index (κ2) is 5.15. The summed E-state index contributed by atoms with van der Waals surface area (Å²) in [5.74, 6) is 0.0178. The van der Waals surface area contributed by atoms with Crippen molar-refractivity contribution in [3.8, 4) is 0 Å². The summed E-state index contributed by atoms with van der Waals surface area (Å²) in [5, 5.41) is 9.18. The molecule has 0 amide bonds. The maximum absolute atomic E-state index is 11.2. The number of carboxylic acid groups (broad SMARTS) is 1. The fraction of sp³-hybridized carbons (Fsp3) is 0.500. The molecule has 1 aromatic carbocycles. The minimum absolute atomic E-state index is 0.369. The number of hydrogen-bond donors (Lipinski definition) is 1. The molecule has 1 aromatic rings. The van der Waals surface area contributed by atoms with Crippen LogP contribution in [0, 0.1) is 5.92 Å². The van der Waals surface area contributed by atoms with Gasteiger partial charge in [0.1, 0.15) is 0 Å². The van der Waals surface area contributed by atoms with Gasteiger partial charge in [-0.15, -0.1) is 0 Å². The molecule has 0 saturated carbocycles. The lowest BCUT2D eigenvalue weighted by molar-refractivity contribution is 0.0695. The summed E-state index contributed by atoms with van der Waals surface area (Å²) >= 11 is 0. The van der Waals surface area contributed by atoms with Crippen molar-refractivity contribution >= 4 is 5.97 Å². The number of benzene rings is 1. The number of hydrogen-bond acceptors (Lipinski definition) is 1. The number of carbonyl (C=O) groups is 1. The third-order valence-electron chi connectivity index (χ3n) is 2.68. The van der Waals surface area contributed by atoms with Crippen molar-refractivity contribution in [2.24, 2.45) is 5.92 Å². The Labute approximate surface area is 97.3 Å². The average molecular weight is 220 g/mol. The van der Waals surface area contributed by atoms with Gasteiger partial charge in [0.2, 0.25) is 0 Å². The molecule has 1 rings (SSSR count). The molecular weight excluding hydrogens is 200 g/mol. The standard InChI is InChI=1S/C14H20O2/c1-9(2)8-13-11(10(3)4)6-5-7-12(13)14(15)16/h5-7,9-10H,8H2,1-4H3,(H,15,16). The van der Waals surface area contributed by atoms with Gasteiger partial charge in [-0.2, -0.15) is 0 Å². The topological polar surface area (TPSA) is 37.3 Å². The molecule has 0 fully saturated rings. The first-order valence-electron chi connectivity index (χ1n) is 5.78. The Morgan fingerprint density at radius 2 is 1.88 bits per heavy atom. The Balaban J connectivity index is 3.29. The predicted octanol–water partition coefficient (Wildman–Crippen LogP) is 3.71. The molecule has 16 heavy (non-hydrogen) atoms. The van der Waals surface area contributed by atoms with Crippen LogP contribution in [-0.2, 0) is 6.42 Å². The SMILES string of the molecule is CC(C)Cc1c(C(=O)O)cccc1C(C)C. The normalized spacial score (nSPS) is 11.1. The maximum atomic E-state index is 11.2. The second-order valence-electron chi connectivity index (χ2n) is 4.93. The van der Waals surface area contributed by atoms with Crippen molar-refractivity contribution in [3.05, 3.63) is 34.9 Å². The van der Waals surface area contributed by atoms with Gasteiger partial charge in [-0.05, 0) is 35.4 Å². The minimum atomic E-state index is -0.821. The van der Waals surface area contributed by atoms with Crippen molar-refractivity contribution in [3.63, 3.8) is 0 Å². The first-order valence-corrected chi connectivity index (χ1v) is 5.78. The van der Waals surface area contributed by atoms with Gasteiger partial charge in [0.05, 0.1) is 5.56 Å². The van der Waals surface area contributed by atoms with E-state index in [1.165, 1.54) is 0 Å². The molecule has 0 spiro atoms. The van der Waals surface area contributed by atoms with Gasteiger partial charge in [-0.25, -0.2) is 4.79 Å². The Kier molecular flexibility index (Phi) is 4.11. The average Bonchev–Trinajstić information content (AvgIpc) is 2.16. The molecule has 0 atom stereocenters. The molecule has 2 heteroatoms. The Morgan fingerprint density at radius 1 is 1.25 bits per heavy atom. The van der Waals surface area contributed by atoms with Crippen molar-refractivity contribution in [1.82, 2.24) is 0 Å². The maximum Gasteiger partial charge on any atom is 0.335 e. The molecule has 0 radical (unpaired) electrons. The van der Waals surface area contributed by atoms with Crippen LogP contribution in [0.25, 0.3) is 0 Å². The molecule has 2 nitrogen and oxygen atoms in total. The lowest BCUT2D eigenvalue weighted by atomic mass is 9.88. The fourth-order valence-electron chi connectivity index (χ4n) is 1.98. The van der Waals surface area contributed by atoms with Crippen LogP contribution in [0.15, 0.2) is 18.2 Å². The van der Waals surface area contributed by atoms with Gasteiger partial charge in [0.25, 0.3) is 0 Å². The molecule has 0 heterocycles. The molecule has 0 saturated heterocycles. The number of carboxylic acids is 1. The van der Waals surface area contributed by atoms with Crippen LogP contribution in [0.5, 0.6) is 0 Å². The van der Waals surface area contributed by atoms with Crippen LogP contribution in [0.2, 0.25) is 0 Å². The molecular formula is C14H20O2. The van der Waals surface area contributed by atoms with E-state index in [1.807, 2.05) is 12.1 Å². The second-order valence-corrected chi connectivity index (χ2v) is 4.93. The highest BCUT2D eigenvalue weighted by molar-refractivity contribution is 5.89. The molecule has 88 valence electrons. The van der Waals surface area contributed by atoms with E-state index in [2.05, 4.69) is 27.7 Å². The van der Waals surface area contributed by atoms with Gasteiger partial charge >= 0.3 is 5.97 Å². The zero-order valence-electron chi connectivity index (χ0n) is 10.4. The summed E-state index contributed by atoms with van der Waals surface area (Å²) in [6, 6.07) is 5.57. The zero-order valence-corrected chi connectivity index (χ0v) is 10.4. The minimum Gasteiger partial charge on any atom is -0.478 e. The van der Waals surface area contributed by atoms with Gasteiger partial charge in [0.15, 0.2) is 0 Å². The van der Waals surface area contributed by atoms with E-state index < -0.39 is 5.97 Å². The van der Waals surface area contributed by atoms with E-state index in [9.17, 15) is 9.90 Å². The third kappa shape index (κ3) is 2.84. The van der Waals surface area contributed by atoms with E-state index in [0.29, 0.717) is 17.4 Å². The van der Waals surface area contributed by atoms with Crippen LogP contribution < -0.4 is 0 Å². The summed E-state index contributed by atoms with van der Waals surface area (Å²) in [7, 11) is 0. The summed E-state index contributed by atoms with van der Waals surface area (Å²) in [6.07, 6.45) is 0.829. The molecule has 0 aromatic heterocycles. The predicted molar refractivity (Wildman–Crippen MR) is 66.0 cm³/mol. The van der Waals surface area contributed by atoms with Gasteiger partial charge in [-0.1, -0.05) is 39.8 Å². The third-order valence-corrected chi connectivity index (χ3v) is 2.68. The smallest absolute Gasteiger partial charge is 0.335 e. The van der Waals surface area contributed by atoms with E-state index in [-0.39, 0.29) is 0 Å². The van der Waals surface area contributed by atoms with Crippen molar-refractivity contribution in [2.45, 2.75) is 40.0 Å². The molecule has 0 bridgehead atoms. The molecule has 0 aliphatic rings. The van der Waals surface area contributed by atoms with Crippen LogP contribution in [0.3, 0.4) is 0 Å². The van der Waals surface area contributed by atoms with E-state index in [0.717, 1.165) is 17.5 Å². The Bertz CT molecular complexity index is 378. The van der Waals surface area contributed by atoms with E-state index >= 15 is 0 Å². The summed E-state index contributed by atoms with van der Waals surface area (Å²) in [6.45, 7) is 8.43. The van der Waals surface area contributed by atoms with Crippen LogP contribution >= 0.6 is 0 Å². The largest absolute Gasteiger partial charge is 0.478 e. The van der Waals surface area contributed by atoms with Crippen LogP contribution in [-0.4, -0.2) is 11.1 Å². The molecule has 0 unspecified atom stereocenters. The van der Waals surface area contributed by atoms with Crippen molar-refractivity contribution < 1.29 is 9.90 Å². The van der Waals surface area contributed by atoms with Gasteiger partial charge in [-0.3, -0.25) is 0 Å². The quantitative estimate of drug-likeness (QED) is 0.840. The van der Waals surface area contributed by atoms with Crippen LogP contribution in [0.4, 0.5) is 0 Å². The lowest BCUT2D eigenvalue weighted by Crippen LogP contribution is -2.09. The van der Waals surface area contributed by atoms with E-state index in [1.54, 1.807) is 6.07 Å². The molecule has 1 N–H and O–H groups in total. The summed E-state index contributed by atoms with van der Waals surface area (Å²) in [5.41, 5.74) is 2.62. The molecule has 0 aliphatic heterocycles. The Hall–Kier alpha value is -1.31. The monoisotopic (exact) mass is 220 g/mol. The Morgan fingerprint density at radius 3 is 2.31 bits per heavy atom.